The number of nitrogens with one attached hydrogen (secondary N) is 2. The van der Waals surface area contributed by atoms with Crippen LogP contribution in [-0.2, 0) is 23.9 Å². The van der Waals surface area contributed by atoms with E-state index in [-0.39, 0.29) is 30.7 Å². The van der Waals surface area contributed by atoms with E-state index in [9.17, 15) is 14.4 Å². The molecule has 0 bridgehead atoms. The zero-order chi connectivity index (χ0) is 17.9. The van der Waals surface area contributed by atoms with Crippen LogP contribution in [0.25, 0.3) is 0 Å². The van der Waals surface area contributed by atoms with Gasteiger partial charge in [0.1, 0.15) is 6.04 Å². The number of ether oxygens (including phenoxy) is 2. The summed E-state index contributed by atoms with van der Waals surface area (Å²) in [6.07, 6.45) is 0.684. The average Bonchev–Trinajstić information content (AvgIpc) is 2.54. The van der Waals surface area contributed by atoms with Crippen LogP contribution in [0.2, 0.25) is 0 Å². The number of methoxy groups -OCH3 is 1. The molecule has 1 aliphatic heterocycles. The molecule has 0 aromatic rings. The van der Waals surface area contributed by atoms with Gasteiger partial charge in [0, 0.05) is 26.8 Å². The Morgan fingerprint density at radius 2 is 2.17 bits per heavy atom. The molecule has 1 aliphatic rings. The number of carbonyl (C=O) groups is 3. The van der Waals surface area contributed by atoms with Crippen molar-refractivity contribution in [3.05, 3.63) is 0 Å². The van der Waals surface area contributed by atoms with E-state index in [2.05, 4.69) is 10.6 Å². The van der Waals surface area contributed by atoms with Gasteiger partial charge in [-0.1, -0.05) is 13.8 Å². The number of carbonyl (C=O) groups excluding carboxylic acids is 3. The minimum absolute atomic E-state index is 0.117. The first-order chi connectivity index (χ1) is 11.5. The summed E-state index contributed by atoms with van der Waals surface area (Å²) in [5.74, 6) is -0.737. The van der Waals surface area contributed by atoms with E-state index in [4.69, 9.17) is 9.47 Å². The number of amides is 2. The van der Waals surface area contributed by atoms with Gasteiger partial charge >= 0.3 is 5.97 Å². The average molecular weight is 343 g/mol. The quantitative estimate of drug-likeness (QED) is 0.411. The molecule has 0 aromatic carbocycles. The van der Waals surface area contributed by atoms with Crippen LogP contribution >= 0.6 is 0 Å². The molecule has 8 nitrogen and oxygen atoms in total. The number of nitrogens with zero attached hydrogens (tertiary/aromatic N) is 1. The van der Waals surface area contributed by atoms with Gasteiger partial charge in [-0.25, -0.2) is 0 Å². The van der Waals surface area contributed by atoms with Crippen LogP contribution < -0.4 is 10.6 Å². The largest absolute Gasteiger partial charge is 0.465 e. The first kappa shape index (κ1) is 20.4. The second-order valence-electron chi connectivity index (χ2n) is 6.20. The summed E-state index contributed by atoms with van der Waals surface area (Å²) >= 11 is 0. The fraction of sp³-hybridized carbons (Fsp3) is 0.812. The van der Waals surface area contributed by atoms with Crippen molar-refractivity contribution in [3.63, 3.8) is 0 Å². The topological polar surface area (TPSA) is 97.0 Å². The number of hydrogen-bond acceptors (Lipinski definition) is 6. The Labute approximate surface area is 143 Å². The Bertz CT molecular complexity index is 428. The third kappa shape index (κ3) is 7.27. The van der Waals surface area contributed by atoms with Crippen molar-refractivity contribution in [1.29, 1.82) is 0 Å². The Morgan fingerprint density at radius 3 is 2.83 bits per heavy atom. The highest BCUT2D eigenvalue weighted by Gasteiger charge is 2.34. The highest BCUT2D eigenvalue weighted by Crippen LogP contribution is 2.11. The second kappa shape index (κ2) is 11.0. The van der Waals surface area contributed by atoms with Crippen molar-refractivity contribution in [1.82, 2.24) is 15.5 Å². The minimum Gasteiger partial charge on any atom is -0.465 e. The van der Waals surface area contributed by atoms with Crippen LogP contribution in [0.3, 0.4) is 0 Å². The van der Waals surface area contributed by atoms with Crippen LogP contribution in [0, 0.1) is 5.92 Å². The van der Waals surface area contributed by atoms with E-state index in [0.29, 0.717) is 32.8 Å². The maximum atomic E-state index is 12.3. The van der Waals surface area contributed by atoms with Crippen LogP contribution in [0.1, 0.15) is 26.7 Å². The van der Waals surface area contributed by atoms with Crippen molar-refractivity contribution < 1.29 is 23.9 Å². The summed E-state index contributed by atoms with van der Waals surface area (Å²) in [7, 11) is 1.63. The van der Waals surface area contributed by atoms with Gasteiger partial charge in [0.15, 0.2) is 0 Å². The van der Waals surface area contributed by atoms with Crippen molar-refractivity contribution in [2.45, 2.75) is 32.7 Å². The number of piperazine rings is 1. The predicted octanol–water partition coefficient (Wildman–Crippen LogP) is -0.471. The lowest BCUT2D eigenvalue weighted by Gasteiger charge is -2.34. The molecule has 0 radical (unpaired) electrons. The molecule has 8 heteroatoms. The Kier molecular flexibility index (Phi) is 9.33. The van der Waals surface area contributed by atoms with Gasteiger partial charge < -0.3 is 25.0 Å². The van der Waals surface area contributed by atoms with Crippen molar-refractivity contribution in [2.24, 2.45) is 5.92 Å². The lowest BCUT2D eigenvalue weighted by atomic mass is 10.1. The molecule has 1 rings (SSSR count). The Balaban J connectivity index is 2.50. The summed E-state index contributed by atoms with van der Waals surface area (Å²) in [4.78, 5) is 37.7. The highest BCUT2D eigenvalue weighted by atomic mass is 16.5. The highest BCUT2D eigenvalue weighted by molar-refractivity contribution is 5.92. The van der Waals surface area contributed by atoms with E-state index in [1.54, 1.807) is 7.11 Å². The maximum Gasteiger partial charge on any atom is 0.308 e. The van der Waals surface area contributed by atoms with Gasteiger partial charge in [-0.05, 0) is 18.9 Å². The fourth-order valence-electron chi connectivity index (χ4n) is 2.33. The molecule has 1 heterocycles. The van der Waals surface area contributed by atoms with Crippen molar-refractivity contribution in [3.8, 4) is 0 Å². The van der Waals surface area contributed by atoms with Gasteiger partial charge in [-0.2, -0.15) is 0 Å². The SMILES string of the molecule is COCCCNCC(=O)N1CCNC(=O)C1CC(=O)OCC(C)C. The normalized spacial score (nSPS) is 17.8. The smallest absolute Gasteiger partial charge is 0.308 e. The van der Waals surface area contributed by atoms with Crippen LogP contribution in [0.5, 0.6) is 0 Å². The number of hydrogen-bond donors (Lipinski definition) is 2. The van der Waals surface area contributed by atoms with Crippen LogP contribution in [0.4, 0.5) is 0 Å². The summed E-state index contributed by atoms with van der Waals surface area (Å²) < 4.78 is 10.1. The molecule has 0 aliphatic carbocycles. The summed E-state index contributed by atoms with van der Waals surface area (Å²) in [6.45, 7) is 6.38. The molecule has 1 atom stereocenters. The van der Waals surface area contributed by atoms with E-state index in [1.807, 2.05) is 13.8 Å². The Hall–Kier alpha value is -1.67. The van der Waals surface area contributed by atoms with Gasteiger partial charge in [0.05, 0.1) is 19.6 Å². The number of esters is 1. The van der Waals surface area contributed by atoms with Gasteiger partial charge in [0.25, 0.3) is 0 Å². The van der Waals surface area contributed by atoms with Gasteiger partial charge in [-0.3, -0.25) is 14.4 Å². The molecular formula is C16H29N3O5. The first-order valence-electron chi connectivity index (χ1n) is 8.38. The predicted molar refractivity (Wildman–Crippen MR) is 88.3 cm³/mol. The Morgan fingerprint density at radius 1 is 1.42 bits per heavy atom. The van der Waals surface area contributed by atoms with Crippen LogP contribution in [-0.4, -0.2) is 75.2 Å². The molecule has 1 saturated heterocycles. The lowest BCUT2D eigenvalue weighted by Crippen LogP contribution is -2.59. The van der Waals surface area contributed by atoms with Gasteiger partial charge in [-0.15, -0.1) is 0 Å². The maximum absolute atomic E-state index is 12.3. The second-order valence-corrected chi connectivity index (χ2v) is 6.20. The third-order valence-corrected chi connectivity index (χ3v) is 3.57. The third-order valence-electron chi connectivity index (χ3n) is 3.57. The molecule has 0 saturated carbocycles. The molecule has 2 N–H and O–H groups in total. The van der Waals surface area contributed by atoms with Gasteiger partial charge in [0.2, 0.25) is 11.8 Å². The molecular weight excluding hydrogens is 314 g/mol. The summed E-state index contributed by atoms with van der Waals surface area (Å²) in [5, 5.41) is 5.72. The molecule has 24 heavy (non-hydrogen) atoms. The van der Waals surface area contributed by atoms with Crippen molar-refractivity contribution >= 4 is 17.8 Å². The standard InChI is InChI=1S/C16H29N3O5/c1-12(2)11-24-15(21)9-13-16(22)18-6-7-19(13)14(20)10-17-5-4-8-23-3/h12-13,17H,4-11H2,1-3H3,(H,18,22). The number of rotatable bonds is 10. The van der Waals surface area contributed by atoms with E-state index in [1.165, 1.54) is 4.90 Å². The fourth-order valence-corrected chi connectivity index (χ4v) is 2.33. The molecule has 0 aromatic heterocycles. The first-order valence-corrected chi connectivity index (χ1v) is 8.38. The zero-order valence-corrected chi connectivity index (χ0v) is 14.8. The van der Waals surface area contributed by atoms with E-state index in [0.717, 1.165) is 6.42 Å². The van der Waals surface area contributed by atoms with E-state index < -0.39 is 12.0 Å². The molecule has 138 valence electrons. The van der Waals surface area contributed by atoms with E-state index >= 15 is 0 Å². The van der Waals surface area contributed by atoms with Crippen molar-refractivity contribution in [2.75, 3.05) is 46.5 Å². The molecule has 0 spiro atoms. The minimum atomic E-state index is -0.799. The summed E-state index contributed by atoms with van der Waals surface area (Å²) in [5.41, 5.74) is 0. The lowest BCUT2D eigenvalue weighted by molar-refractivity contribution is -0.152. The summed E-state index contributed by atoms with van der Waals surface area (Å²) in [6, 6.07) is -0.799. The monoisotopic (exact) mass is 343 g/mol. The molecule has 1 fully saturated rings. The molecule has 2 amide bonds. The zero-order valence-electron chi connectivity index (χ0n) is 14.8. The molecule has 1 unspecified atom stereocenters. The van der Waals surface area contributed by atoms with Crippen LogP contribution in [0.15, 0.2) is 0 Å².